The molecule has 2 N–H and O–H groups in total. The molecule has 0 saturated carbocycles. The summed E-state index contributed by atoms with van der Waals surface area (Å²) in [5.41, 5.74) is 2.68. The van der Waals surface area contributed by atoms with Gasteiger partial charge in [-0.05, 0) is 24.6 Å². The van der Waals surface area contributed by atoms with Crippen LogP contribution >= 0.6 is 0 Å². The summed E-state index contributed by atoms with van der Waals surface area (Å²) in [7, 11) is 0. The highest BCUT2D eigenvalue weighted by Crippen LogP contribution is 2.29. The SMILES string of the molecule is Cc1cnc(-c2c[nH]c(=O)cn2)c2[nH]cc(C(=O)C(=O)N3CCN(C(=O)c4ccccc4)CC3)c12. The van der Waals surface area contributed by atoms with Crippen molar-refractivity contribution < 1.29 is 14.4 Å². The maximum Gasteiger partial charge on any atom is 0.295 e. The third-order valence-electron chi connectivity index (χ3n) is 6.13. The molecule has 10 nitrogen and oxygen atoms in total. The molecule has 1 aromatic carbocycles. The standard InChI is InChI=1S/C25H22N6O4/c1-15-11-28-21(18-13-27-19(32)14-26-18)22-20(15)17(12-29-22)23(33)25(35)31-9-7-30(8-10-31)24(34)16-5-3-2-4-6-16/h2-6,11-14,29H,7-10H2,1H3,(H,27,32). The Morgan fingerprint density at radius 3 is 2.29 bits per heavy atom. The minimum Gasteiger partial charge on any atom is -0.359 e. The molecule has 4 heterocycles. The summed E-state index contributed by atoms with van der Waals surface area (Å²) in [4.78, 5) is 67.6. The van der Waals surface area contributed by atoms with Gasteiger partial charge in [-0.15, -0.1) is 0 Å². The highest BCUT2D eigenvalue weighted by atomic mass is 16.2. The number of fused-ring (bicyclic) bond motifs is 1. The maximum atomic E-state index is 13.2. The minimum atomic E-state index is -0.631. The highest BCUT2D eigenvalue weighted by Gasteiger charge is 2.30. The van der Waals surface area contributed by atoms with E-state index in [0.717, 1.165) is 11.8 Å². The molecule has 1 aliphatic rings. The van der Waals surface area contributed by atoms with Gasteiger partial charge in [0.15, 0.2) is 0 Å². The van der Waals surface area contributed by atoms with Crippen LogP contribution in [-0.2, 0) is 4.79 Å². The number of aryl methyl sites for hydroxylation is 1. The number of ketones is 1. The summed E-state index contributed by atoms with van der Waals surface area (Å²) in [5.74, 6) is -1.33. The van der Waals surface area contributed by atoms with Crippen molar-refractivity contribution in [3.63, 3.8) is 0 Å². The molecule has 0 atom stereocenters. The highest BCUT2D eigenvalue weighted by molar-refractivity contribution is 6.45. The Morgan fingerprint density at radius 1 is 0.886 bits per heavy atom. The van der Waals surface area contributed by atoms with Crippen LogP contribution in [0.1, 0.15) is 26.3 Å². The Labute approximate surface area is 199 Å². The molecule has 5 rings (SSSR count). The van der Waals surface area contributed by atoms with Gasteiger partial charge in [0.1, 0.15) is 11.4 Å². The van der Waals surface area contributed by atoms with Crippen molar-refractivity contribution in [1.29, 1.82) is 0 Å². The smallest absolute Gasteiger partial charge is 0.295 e. The van der Waals surface area contributed by atoms with Crippen LogP contribution in [0.4, 0.5) is 0 Å². The number of rotatable bonds is 4. The van der Waals surface area contributed by atoms with Gasteiger partial charge >= 0.3 is 0 Å². The van der Waals surface area contributed by atoms with E-state index in [2.05, 4.69) is 19.9 Å². The lowest BCUT2D eigenvalue weighted by atomic mass is 10.0. The van der Waals surface area contributed by atoms with Crippen molar-refractivity contribution in [2.45, 2.75) is 6.92 Å². The molecule has 1 fully saturated rings. The molecule has 10 heteroatoms. The van der Waals surface area contributed by atoms with Gasteiger partial charge in [-0.2, -0.15) is 0 Å². The molecule has 35 heavy (non-hydrogen) atoms. The third kappa shape index (κ3) is 4.10. The number of aromatic amines is 2. The van der Waals surface area contributed by atoms with Crippen molar-refractivity contribution in [2.75, 3.05) is 26.2 Å². The largest absolute Gasteiger partial charge is 0.359 e. The number of hydrogen-bond donors (Lipinski definition) is 2. The number of benzene rings is 1. The quantitative estimate of drug-likeness (QED) is 0.345. The lowest BCUT2D eigenvalue weighted by Gasteiger charge is -2.34. The first-order valence-corrected chi connectivity index (χ1v) is 11.1. The number of carbonyl (C=O) groups excluding carboxylic acids is 3. The summed E-state index contributed by atoms with van der Waals surface area (Å²) >= 11 is 0. The monoisotopic (exact) mass is 470 g/mol. The molecule has 0 bridgehead atoms. The summed E-state index contributed by atoms with van der Waals surface area (Å²) in [5, 5.41) is 0.583. The molecule has 0 spiro atoms. The summed E-state index contributed by atoms with van der Waals surface area (Å²) in [6, 6.07) is 8.98. The van der Waals surface area contributed by atoms with Crippen molar-refractivity contribution in [3.8, 4) is 11.4 Å². The molecule has 0 aliphatic carbocycles. The fraction of sp³-hybridized carbons (Fsp3) is 0.200. The van der Waals surface area contributed by atoms with E-state index in [1.807, 2.05) is 25.1 Å². The van der Waals surface area contributed by atoms with Crippen LogP contribution in [0, 0.1) is 6.92 Å². The molecule has 3 aromatic heterocycles. The number of nitrogens with zero attached hydrogens (tertiary/aromatic N) is 4. The van der Waals surface area contributed by atoms with E-state index in [1.165, 1.54) is 17.3 Å². The number of pyridine rings is 1. The molecule has 0 unspecified atom stereocenters. The number of aromatic nitrogens is 4. The number of H-pyrrole nitrogens is 2. The van der Waals surface area contributed by atoms with Gasteiger partial charge in [0.2, 0.25) is 0 Å². The summed E-state index contributed by atoms with van der Waals surface area (Å²) < 4.78 is 0. The predicted octanol–water partition coefficient (Wildman–Crippen LogP) is 1.79. The topological polar surface area (TPSA) is 132 Å². The number of nitrogens with one attached hydrogen (secondary N) is 2. The van der Waals surface area contributed by atoms with E-state index in [1.54, 1.807) is 23.2 Å². The second-order valence-electron chi connectivity index (χ2n) is 8.32. The van der Waals surface area contributed by atoms with Crippen LogP contribution in [0.15, 0.2) is 59.9 Å². The zero-order valence-electron chi connectivity index (χ0n) is 18.9. The van der Waals surface area contributed by atoms with E-state index in [0.29, 0.717) is 40.9 Å². The van der Waals surface area contributed by atoms with Crippen molar-refractivity contribution >= 4 is 28.5 Å². The summed E-state index contributed by atoms with van der Waals surface area (Å²) in [6.45, 7) is 3.07. The molecule has 1 saturated heterocycles. The van der Waals surface area contributed by atoms with Gasteiger partial charge in [-0.25, -0.2) is 4.98 Å². The van der Waals surface area contributed by atoms with E-state index >= 15 is 0 Å². The average molecular weight is 470 g/mol. The normalized spacial score (nSPS) is 13.7. The molecule has 0 radical (unpaired) electrons. The lowest BCUT2D eigenvalue weighted by molar-refractivity contribution is -0.127. The maximum absolute atomic E-state index is 13.2. The zero-order valence-corrected chi connectivity index (χ0v) is 18.9. The second-order valence-corrected chi connectivity index (χ2v) is 8.32. The number of amides is 2. The first-order chi connectivity index (χ1) is 16.9. The minimum absolute atomic E-state index is 0.0906. The lowest BCUT2D eigenvalue weighted by Crippen LogP contribution is -2.52. The molecule has 1 aliphatic heterocycles. The second kappa shape index (κ2) is 8.98. The van der Waals surface area contributed by atoms with E-state index in [9.17, 15) is 19.2 Å². The number of Topliss-reactive ketones (excluding diaryl/α,β-unsaturated/α-hetero) is 1. The van der Waals surface area contributed by atoms with Gasteiger partial charge in [0.25, 0.3) is 23.2 Å². The van der Waals surface area contributed by atoms with Crippen LogP contribution in [0.2, 0.25) is 0 Å². The number of carbonyl (C=O) groups is 3. The van der Waals surface area contributed by atoms with Crippen LogP contribution < -0.4 is 5.56 Å². The predicted molar refractivity (Wildman–Crippen MR) is 128 cm³/mol. The Balaban J connectivity index is 1.36. The zero-order chi connectivity index (χ0) is 24.5. The fourth-order valence-electron chi connectivity index (χ4n) is 4.29. The Kier molecular flexibility index (Phi) is 5.69. The molecule has 4 aromatic rings. The molecule has 176 valence electrons. The van der Waals surface area contributed by atoms with Crippen molar-refractivity contribution in [1.82, 2.24) is 29.7 Å². The van der Waals surface area contributed by atoms with Crippen molar-refractivity contribution in [2.24, 2.45) is 0 Å². The fourth-order valence-corrected chi connectivity index (χ4v) is 4.29. The third-order valence-corrected chi connectivity index (χ3v) is 6.13. The van der Waals surface area contributed by atoms with Crippen LogP contribution in [-0.4, -0.2) is 73.5 Å². The van der Waals surface area contributed by atoms with Crippen molar-refractivity contribution in [3.05, 3.63) is 82.2 Å². The first kappa shape index (κ1) is 22.2. The van der Waals surface area contributed by atoms with Gasteiger partial charge < -0.3 is 19.8 Å². The van der Waals surface area contributed by atoms with E-state index in [4.69, 9.17) is 0 Å². The Hall–Kier alpha value is -4.60. The van der Waals surface area contributed by atoms with Gasteiger partial charge in [0.05, 0.1) is 17.3 Å². The van der Waals surface area contributed by atoms with Gasteiger partial charge in [-0.3, -0.25) is 24.2 Å². The van der Waals surface area contributed by atoms with Crippen LogP contribution in [0.3, 0.4) is 0 Å². The molecule has 2 amide bonds. The van der Waals surface area contributed by atoms with Gasteiger partial charge in [0, 0.05) is 55.7 Å². The number of hydrogen-bond acceptors (Lipinski definition) is 6. The van der Waals surface area contributed by atoms with E-state index in [-0.39, 0.29) is 30.1 Å². The van der Waals surface area contributed by atoms with Gasteiger partial charge in [-0.1, -0.05) is 18.2 Å². The summed E-state index contributed by atoms with van der Waals surface area (Å²) in [6.07, 6.45) is 5.71. The first-order valence-electron chi connectivity index (χ1n) is 11.1. The molecular weight excluding hydrogens is 448 g/mol. The average Bonchev–Trinajstić information content (AvgIpc) is 3.35. The Morgan fingerprint density at radius 2 is 1.60 bits per heavy atom. The van der Waals surface area contributed by atoms with Crippen LogP contribution in [0.25, 0.3) is 22.3 Å². The van der Waals surface area contributed by atoms with Crippen LogP contribution in [0.5, 0.6) is 0 Å². The number of piperazine rings is 1. The van der Waals surface area contributed by atoms with E-state index < -0.39 is 11.7 Å². The molecular formula is C25H22N6O4. The Bertz CT molecular complexity index is 1480.